The standard InChI is InChI=1S/C13H16BrN3O2S/c1-2-5-16-6-8-17(9-7-16)20(18,19)11-3-4-13(15)12(14)10-11/h1,3-4,10H,5-9,15H2. The van der Waals surface area contributed by atoms with E-state index in [2.05, 4.69) is 26.8 Å². The zero-order chi connectivity index (χ0) is 14.8. The summed E-state index contributed by atoms with van der Waals surface area (Å²) in [5.74, 6) is 2.57. The number of rotatable bonds is 3. The van der Waals surface area contributed by atoms with Crippen LogP contribution in [0.5, 0.6) is 0 Å². The van der Waals surface area contributed by atoms with Crippen LogP contribution < -0.4 is 5.73 Å². The van der Waals surface area contributed by atoms with Crippen molar-refractivity contribution >= 4 is 31.6 Å². The molecule has 0 aromatic heterocycles. The van der Waals surface area contributed by atoms with Gasteiger partial charge >= 0.3 is 0 Å². The van der Waals surface area contributed by atoms with Gasteiger partial charge in [-0.05, 0) is 34.1 Å². The highest BCUT2D eigenvalue weighted by molar-refractivity contribution is 9.10. The van der Waals surface area contributed by atoms with E-state index in [1.807, 2.05) is 0 Å². The minimum atomic E-state index is -3.47. The molecule has 1 saturated heterocycles. The van der Waals surface area contributed by atoms with Gasteiger partial charge in [0.2, 0.25) is 10.0 Å². The molecule has 1 fully saturated rings. The molecule has 0 atom stereocenters. The Kier molecular flexibility index (Phi) is 4.70. The third kappa shape index (κ3) is 3.15. The van der Waals surface area contributed by atoms with E-state index in [9.17, 15) is 8.42 Å². The molecule has 5 nitrogen and oxygen atoms in total. The first kappa shape index (κ1) is 15.3. The van der Waals surface area contributed by atoms with Crippen molar-refractivity contribution in [2.75, 3.05) is 38.5 Å². The van der Waals surface area contributed by atoms with E-state index in [0.29, 0.717) is 42.9 Å². The van der Waals surface area contributed by atoms with Gasteiger partial charge in [-0.25, -0.2) is 8.42 Å². The maximum absolute atomic E-state index is 12.5. The Hall–Kier alpha value is -1.07. The SMILES string of the molecule is C#CCN1CCN(S(=O)(=O)c2ccc(N)c(Br)c2)CC1. The summed E-state index contributed by atoms with van der Waals surface area (Å²) < 4.78 is 27.1. The van der Waals surface area contributed by atoms with E-state index in [0.717, 1.165) is 0 Å². The highest BCUT2D eigenvalue weighted by Crippen LogP contribution is 2.25. The summed E-state index contributed by atoms with van der Waals surface area (Å²) in [4.78, 5) is 2.31. The predicted molar refractivity (Wildman–Crippen MR) is 82.6 cm³/mol. The fourth-order valence-corrected chi connectivity index (χ4v) is 4.05. The van der Waals surface area contributed by atoms with E-state index in [-0.39, 0.29) is 4.90 Å². The Balaban J connectivity index is 2.16. The molecule has 1 aromatic rings. The Morgan fingerprint density at radius 2 is 1.95 bits per heavy atom. The molecular formula is C13H16BrN3O2S. The quantitative estimate of drug-likeness (QED) is 0.646. The Morgan fingerprint density at radius 1 is 1.30 bits per heavy atom. The summed E-state index contributed by atoms with van der Waals surface area (Å²) in [5, 5.41) is 0. The molecule has 1 aliphatic heterocycles. The number of halogens is 1. The zero-order valence-electron chi connectivity index (χ0n) is 10.9. The number of sulfonamides is 1. The lowest BCUT2D eigenvalue weighted by Gasteiger charge is -2.32. The van der Waals surface area contributed by atoms with Crippen LogP contribution in [0.2, 0.25) is 0 Å². The van der Waals surface area contributed by atoms with Crippen LogP contribution in [-0.4, -0.2) is 50.3 Å². The van der Waals surface area contributed by atoms with Crippen LogP contribution in [0, 0.1) is 12.3 Å². The molecule has 7 heteroatoms. The van der Waals surface area contributed by atoms with Crippen molar-refractivity contribution in [2.24, 2.45) is 0 Å². The monoisotopic (exact) mass is 357 g/mol. The van der Waals surface area contributed by atoms with Gasteiger partial charge in [-0.3, -0.25) is 4.90 Å². The van der Waals surface area contributed by atoms with Crippen molar-refractivity contribution in [1.29, 1.82) is 0 Å². The van der Waals surface area contributed by atoms with Crippen LogP contribution in [-0.2, 0) is 10.0 Å². The van der Waals surface area contributed by atoms with Gasteiger partial charge in [0.15, 0.2) is 0 Å². The Labute approximate surface area is 127 Å². The molecule has 108 valence electrons. The Morgan fingerprint density at radius 3 is 2.50 bits per heavy atom. The normalized spacial score (nSPS) is 17.8. The molecule has 2 N–H and O–H groups in total. The summed E-state index contributed by atoms with van der Waals surface area (Å²) in [6, 6.07) is 4.66. The van der Waals surface area contributed by atoms with Gasteiger partial charge in [-0.2, -0.15) is 4.31 Å². The fraction of sp³-hybridized carbons (Fsp3) is 0.385. The van der Waals surface area contributed by atoms with Gasteiger partial charge in [0.05, 0.1) is 11.4 Å². The summed E-state index contributed by atoms with van der Waals surface area (Å²) in [7, 11) is -3.47. The zero-order valence-corrected chi connectivity index (χ0v) is 13.3. The van der Waals surface area contributed by atoms with Gasteiger partial charge in [0.25, 0.3) is 0 Å². The van der Waals surface area contributed by atoms with Crippen LogP contribution in [0.15, 0.2) is 27.6 Å². The Bertz CT molecular complexity index is 632. The lowest BCUT2D eigenvalue weighted by molar-refractivity contribution is 0.207. The second-order valence-electron chi connectivity index (χ2n) is 4.57. The largest absolute Gasteiger partial charge is 0.398 e. The molecule has 0 bridgehead atoms. The molecule has 1 heterocycles. The van der Waals surface area contributed by atoms with Gasteiger partial charge in [0.1, 0.15) is 0 Å². The van der Waals surface area contributed by atoms with Gasteiger partial charge in [0, 0.05) is 36.3 Å². The van der Waals surface area contributed by atoms with E-state index in [4.69, 9.17) is 12.2 Å². The first-order valence-electron chi connectivity index (χ1n) is 6.16. The average Bonchev–Trinajstić information content (AvgIpc) is 2.43. The second-order valence-corrected chi connectivity index (χ2v) is 7.36. The van der Waals surface area contributed by atoms with Crippen molar-refractivity contribution in [3.63, 3.8) is 0 Å². The molecular weight excluding hydrogens is 342 g/mol. The summed E-state index contributed by atoms with van der Waals surface area (Å²) in [6.45, 7) is 2.76. The molecule has 0 radical (unpaired) electrons. The molecule has 0 aliphatic carbocycles. The highest BCUT2D eigenvalue weighted by Gasteiger charge is 2.28. The summed E-state index contributed by atoms with van der Waals surface area (Å²) >= 11 is 3.25. The first-order valence-corrected chi connectivity index (χ1v) is 8.39. The number of hydrogen-bond acceptors (Lipinski definition) is 4. The molecule has 2 rings (SSSR count). The van der Waals surface area contributed by atoms with E-state index < -0.39 is 10.0 Å². The third-order valence-corrected chi connectivity index (χ3v) is 5.84. The van der Waals surface area contributed by atoms with Crippen LogP contribution in [0.4, 0.5) is 5.69 Å². The maximum Gasteiger partial charge on any atom is 0.243 e. The lowest BCUT2D eigenvalue weighted by atomic mass is 10.3. The molecule has 0 amide bonds. The molecule has 1 aromatic carbocycles. The number of anilines is 1. The predicted octanol–water partition coefficient (Wildman–Crippen LogP) is 0.971. The van der Waals surface area contributed by atoms with Gasteiger partial charge < -0.3 is 5.73 Å². The second kappa shape index (κ2) is 6.14. The number of hydrogen-bond donors (Lipinski definition) is 1. The average molecular weight is 358 g/mol. The maximum atomic E-state index is 12.5. The van der Waals surface area contributed by atoms with Crippen LogP contribution in [0.1, 0.15) is 0 Å². The third-order valence-electron chi connectivity index (χ3n) is 3.26. The fourth-order valence-electron chi connectivity index (χ4n) is 2.07. The molecule has 1 aliphatic rings. The van der Waals surface area contributed by atoms with E-state index in [1.54, 1.807) is 12.1 Å². The number of nitrogens with two attached hydrogens (primary N) is 1. The number of nitrogens with zero attached hydrogens (tertiary/aromatic N) is 2. The number of benzene rings is 1. The van der Waals surface area contributed by atoms with Crippen molar-refractivity contribution < 1.29 is 8.42 Å². The molecule has 20 heavy (non-hydrogen) atoms. The number of nitrogen functional groups attached to an aromatic ring is 1. The van der Waals surface area contributed by atoms with Gasteiger partial charge in [-0.1, -0.05) is 5.92 Å². The topological polar surface area (TPSA) is 66.6 Å². The van der Waals surface area contributed by atoms with Gasteiger partial charge in [-0.15, -0.1) is 6.42 Å². The number of terminal acetylenes is 1. The highest BCUT2D eigenvalue weighted by atomic mass is 79.9. The van der Waals surface area contributed by atoms with E-state index >= 15 is 0 Å². The van der Waals surface area contributed by atoms with E-state index in [1.165, 1.54) is 10.4 Å². The molecule has 0 unspecified atom stereocenters. The summed E-state index contributed by atoms with van der Waals surface area (Å²) in [5.41, 5.74) is 6.20. The minimum Gasteiger partial charge on any atom is -0.398 e. The van der Waals surface area contributed by atoms with Crippen LogP contribution >= 0.6 is 15.9 Å². The summed E-state index contributed by atoms with van der Waals surface area (Å²) in [6.07, 6.45) is 5.26. The number of piperazine rings is 1. The van der Waals surface area contributed by atoms with Crippen molar-refractivity contribution in [1.82, 2.24) is 9.21 Å². The van der Waals surface area contributed by atoms with Crippen molar-refractivity contribution in [3.05, 3.63) is 22.7 Å². The first-order chi connectivity index (χ1) is 9.45. The van der Waals surface area contributed by atoms with Crippen LogP contribution in [0.3, 0.4) is 0 Å². The van der Waals surface area contributed by atoms with Crippen molar-refractivity contribution in [3.8, 4) is 12.3 Å². The van der Waals surface area contributed by atoms with Crippen LogP contribution in [0.25, 0.3) is 0 Å². The molecule has 0 spiro atoms. The smallest absolute Gasteiger partial charge is 0.243 e. The lowest BCUT2D eigenvalue weighted by Crippen LogP contribution is -2.48. The molecule has 0 saturated carbocycles. The van der Waals surface area contributed by atoms with Crippen molar-refractivity contribution in [2.45, 2.75) is 4.90 Å². The minimum absolute atomic E-state index is 0.254.